The van der Waals surface area contributed by atoms with Crippen LogP contribution in [0.1, 0.15) is 49.5 Å². The largest absolute Gasteiger partial charge is 0.478 e. The number of aromatic carboxylic acids is 1. The molecule has 0 aliphatic carbocycles. The van der Waals surface area contributed by atoms with Gasteiger partial charge in [-0.15, -0.1) is 0 Å². The fourth-order valence-corrected chi connectivity index (χ4v) is 4.11. The number of benzene rings is 1. The van der Waals surface area contributed by atoms with Crippen LogP contribution >= 0.6 is 0 Å². The van der Waals surface area contributed by atoms with Crippen molar-refractivity contribution in [2.75, 3.05) is 13.6 Å². The molecule has 3 rings (SSSR count). The molecular formula is C19H26N2O2. The van der Waals surface area contributed by atoms with Crippen molar-refractivity contribution in [1.82, 2.24) is 9.47 Å². The predicted molar refractivity (Wildman–Crippen MR) is 93.0 cm³/mol. The molecule has 124 valence electrons. The highest BCUT2D eigenvalue weighted by atomic mass is 16.4. The Hall–Kier alpha value is -1.81. The van der Waals surface area contributed by atoms with E-state index in [-0.39, 0.29) is 0 Å². The zero-order chi connectivity index (χ0) is 16.6. The molecule has 4 nitrogen and oxygen atoms in total. The van der Waals surface area contributed by atoms with Gasteiger partial charge in [0.1, 0.15) is 0 Å². The van der Waals surface area contributed by atoms with Gasteiger partial charge in [0.05, 0.1) is 11.6 Å². The van der Waals surface area contributed by atoms with Gasteiger partial charge in [-0.2, -0.15) is 0 Å². The van der Waals surface area contributed by atoms with Gasteiger partial charge in [-0.05, 0) is 38.4 Å². The third kappa shape index (κ3) is 2.88. The van der Waals surface area contributed by atoms with E-state index >= 15 is 0 Å². The van der Waals surface area contributed by atoms with Gasteiger partial charge in [-0.1, -0.05) is 38.5 Å². The Morgan fingerprint density at radius 2 is 2.00 bits per heavy atom. The number of likely N-dealkylation sites (N-methyl/N-ethyl adjacent to an activating group) is 1. The molecule has 1 fully saturated rings. The lowest BCUT2D eigenvalue weighted by Gasteiger charge is -2.41. The fourth-order valence-electron chi connectivity index (χ4n) is 4.11. The number of fused-ring (bicyclic) bond motifs is 1. The van der Waals surface area contributed by atoms with Crippen molar-refractivity contribution in [2.24, 2.45) is 5.92 Å². The van der Waals surface area contributed by atoms with E-state index < -0.39 is 5.97 Å². The molecule has 1 aliphatic heterocycles. The lowest BCUT2D eigenvalue weighted by molar-refractivity contribution is 0.0697. The Bertz CT molecular complexity index is 704. The van der Waals surface area contributed by atoms with Crippen molar-refractivity contribution in [3.8, 4) is 0 Å². The number of para-hydroxylation sites is 1. The van der Waals surface area contributed by atoms with Crippen LogP contribution in [0.2, 0.25) is 0 Å². The normalized spacial score (nSPS) is 21.0. The van der Waals surface area contributed by atoms with Crippen LogP contribution in [-0.2, 0) is 0 Å². The molecule has 1 aromatic heterocycles. The topological polar surface area (TPSA) is 45.5 Å². The number of carbonyl (C=O) groups is 1. The van der Waals surface area contributed by atoms with Crippen molar-refractivity contribution in [3.05, 3.63) is 36.0 Å². The second kappa shape index (κ2) is 6.36. The molecular weight excluding hydrogens is 288 g/mol. The minimum absolute atomic E-state index is 0.290. The van der Waals surface area contributed by atoms with Crippen LogP contribution in [0.25, 0.3) is 10.9 Å². The van der Waals surface area contributed by atoms with Crippen LogP contribution in [0.3, 0.4) is 0 Å². The molecule has 2 heterocycles. The molecule has 2 atom stereocenters. The van der Waals surface area contributed by atoms with E-state index in [9.17, 15) is 9.90 Å². The van der Waals surface area contributed by atoms with Gasteiger partial charge in [0.25, 0.3) is 0 Å². The number of hydrogen-bond donors (Lipinski definition) is 1. The first-order valence-corrected chi connectivity index (χ1v) is 8.54. The summed E-state index contributed by atoms with van der Waals surface area (Å²) in [5.41, 5.74) is 1.44. The molecule has 0 spiro atoms. The summed E-state index contributed by atoms with van der Waals surface area (Å²) >= 11 is 0. The Morgan fingerprint density at radius 1 is 1.26 bits per heavy atom. The summed E-state index contributed by atoms with van der Waals surface area (Å²) in [6.07, 6.45) is 5.53. The minimum atomic E-state index is -0.848. The summed E-state index contributed by atoms with van der Waals surface area (Å²) in [6.45, 7) is 5.60. The molecule has 2 aromatic rings. The van der Waals surface area contributed by atoms with E-state index in [2.05, 4.69) is 30.4 Å². The van der Waals surface area contributed by atoms with E-state index in [1.54, 1.807) is 0 Å². The lowest BCUT2D eigenvalue weighted by Crippen LogP contribution is -2.44. The highest BCUT2D eigenvalue weighted by Gasteiger charge is 2.32. The number of piperidine rings is 1. The molecule has 0 saturated carbocycles. The summed E-state index contributed by atoms with van der Waals surface area (Å²) in [5, 5.41) is 10.4. The van der Waals surface area contributed by atoms with Gasteiger partial charge in [0, 0.05) is 23.1 Å². The first kappa shape index (κ1) is 16.1. The molecule has 1 N–H and O–H groups in total. The lowest BCUT2D eigenvalue weighted by atomic mass is 9.89. The monoisotopic (exact) mass is 314 g/mol. The van der Waals surface area contributed by atoms with Gasteiger partial charge < -0.3 is 14.6 Å². The van der Waals surface area contributed by atoms with E-state index in [0.29, 0.717) is 23.6 Å². The first-order valence-electron chi connectivity index (χ1n) is 8.54. The number of nitrogens with zero attached hydrogens (tertiary/aromatic N) is 2. The van der Waals surface area contributed by atoms with Crippen molar-refractivity contribution in [1.29, 1.82) is 0 Å². The number of aromatic nitrogens is 1. The molecule has 0 bridgehead atoms. The first-order chi connectivity index (χ1) is 11.0. The molecule has 1 aromatic carbocycles. The number of likely N-dealkylation sites (tertiary alicyclic amines) is 1. The zero-order valence-corrected chi connectivity index (χ0v) is 14.2. The number of carboxylic acids is 1. The average molecular weight is 314 g/mol. The molecule has 23 heavy (non-hydrogen) atoms. The Labute approximate surface area is 137 Å². The van der Waals surface area contributed by atoms with Crippen LogP contribution in [0.15, 0.2) is 30.5 Å². The molecule has 1 saturated heterocycles. The summed E-state index contributed by atoms with van der Waals surface area (Å²) in [7, 11) is 2.20. The molecule has 2 unspecified atom stereocenters. The Morgan fingerprint density at radius 3 is 2.65 bits per heavy atom. The zero-order valence-electron chi connectivity index (χ0n) is 14.2. The predicted octanol–water partition coefficient (Wildman–Crippen LogP) is 4.02. The SMILES string of the molecule is CC(C)C(C1CCCCN1C)n1cc(C(=O)O)c2ccccc21. The summed E-state index contributed by atoms with van der Waals surface area (Å²) in [6, 6.07) is 8.61. The van der Waals surface area contributed by atoms with E-state index in [4.69, 9.17) is 0 Å². The van der Waals surface area contributed by atoms with Crippen LogP contribution in [0.4, 0.5) is 0 Å². The molecule has 1 aliphatic rings. The van der Waals surface area contributed by atoms with Crippen molar-refractivity contribution >= 4 is 16.9 Å². The Balaban J connectivity index is 2.13. The van der Waals surface area contributed by atoms with Gasteiger partial charge in [-0.25, -0.2) is 4.79 Å². The number of hydrogen-bond acceptors (Lipinski definition) is 2. The van der Waals surface area contributed by atoms with Gasteiger partial charge in [0.15, 0.2) is 0 Å². The van der Waals surface area contributed by atoms with Gasteiger partial charge >= 0.3 is 5.97 Å². The second-order valence-corrected chi connectivity index (χ2v) is 7.05. The standard InChI is InChI=1S/C19H26N2O2/c1-13(2)18(17-10-6-7-11-20(17)3)21-12-15(19(22)23)14-8-4-5-9-16(14)21/h4-5,8-9,12-13,17-18H,6-7,10-11H2,1-3H3,(H,22,23). The summed E-state index contributed by atoms with van der Waals surface area (Å²) in [5.74, 6) is -0.405. The highest BCUT2D eigenvalue weighted by molar-refractivity contribution is 6.03. The van der Waals surface area contributed by atoms with Gasteiger partial charge in [0.2, 0.25) is 0 Å². The quantitative estimate of drug-likeness (QED) is 0.927. The number of rotatable bonds is 4. The van der Waals surface area contributed by atoms with Crippen LogP contribution in [0, 0.1) is 5.92 Å². The number of carboxylic acid groups (broad SMARTS) is 1. The average Bonchev–Trinajstić information content (AvgIpc) is 2.89. The Kier molecular flexibility index (Phi) is 4.44. The van der Waals surface area contributed by atoms with Crippen molar-refractivity contribution < 1.29 is 9.90 Å². The van der Waals surface area contributed by atoms with E-state index in [0.717, 1.165) is 17.4 Å². The summed E-state index contributed by atoms with van der Waals surface area (Å²) in [4.78, 5) is 14.1. The van der Waals surface area contributed by atoms with Gasteiger partial charge in [-0.3, -0.25) is 0 Å². The maximum Gasteiger partial charge on any atom is 0.337 e. The molecule has 0 amide bonds. The van der Waals surface area contributed by atoms with Crippen LogP contribution in [0.5, 0.6) is 0 Å². The highest BCUT2D eigenvalue weighted by Crippen LogP contribution is 2.35. The van der Waals surface area contributed by atoms with Crippen molar-refractivity contribution in [2.45, 2.75) is 45.2 Å². The smallest absolute Gasteiger partial charge is 0.337 e. The van der Waals surface area contributed by atoms with E-state index in [1.807, 2.05) is 30.5 Å². The second-order valence-electron chi connectivity index (χ2n) is 7.05. The van der Waals surface area contributed by atoms with Crippen LogP contribution < -0.4 is 0 Å². The molecule has 4 heteroatoms. The third-order valence-electron chi connectivity index (χ3n) is 5.20. The maximum atomic E-state index is 11.6. The fraction of sp³-hybridized carbons (Fsp3) is 0.526. The maximum absolute atomic E-state index is 11.6. The third-order valence-corrected chi connectivity index (χ3v) is 5.20. The molecule has 0 radical (unpaired) electrons. The minimum Gasteiger partial charge on any atom is -0.478 e. The van der Waals surface area contributed by atoms with Crippen molar-refractivity contribution in [3.63, 3.8) is 0 Å². The summed E-state index contributed by atoms with van der Waals surface area (Å²) < 4.78 is 2.22. The van der Waals surface area contributed by atoms with E-state index in [1.165, 1.54) is 19.3 Å². The van der Waals surface area contributed by atoms with Crippen LogP contribution in [-0.4, -0.2) is 40.2 Å².